The Bertz CT molecular complexity index is 1220. The van der Waals surface area contributed by atoms with E-state index in [2.05, 4.69) is 72.0 Å². The van der Waals surface area contributed by atoms with Gasteiger partial charge in [0.1, 0.15) is 11.4 Å². The van der Waals surface area contributed by atoms with Gasteiger partial charge in [0.2, 0.25) is 0 Å². The lowest BCUT2D eigenvalue weighted by atomic mass is 9.99. The molecular weight excluding hydrogens is 532 g/mol. The third-order valence-electron chi connectivity index (χ3n) is 6.54. The van der Waals surface area contributed by atoms with Gasteiger partial charge in [0.05, 0.1) is 21.6 Å². The fraction of sp³-hybridized carbons (Fsp3) is 0.375. The van der Waals surface area contributed by atoms with E-state index in [1.807, 2.05) is 25.0 Å². The molecule has 3 aliphatic heterocycles. The van der Waals surface area contributed by atoms with Crippen molar-refractivity contribution in [2.45, 2.75) is 31.7 Å². The van der Waals surface area contributed by atoms with Crippen molar-refractivity contribution in [1.82, 2.24) is 15.3 Å². The van der Waals surface area contributed by atoms with Gasteiger partial charge in [-0.2, -0.15) is 5.10 Å². The number of aryl methyl sites for hydroxylation is 1. The van der Waals surface area contributed by atoms with E-state index in [-0.39, 0.29) is 6.04 Å². The second-order valence-electron chi connectivity index (χ2n) is 8.57. The van der Waals surface area contributed by atoms with E-state index in [1.54, 1.807) is 0 Å². The van der Waals surface area contributed by atoms with Crippen LogP contribution in [0.25, 0.3) is 16.5 Å². The van der Waals surface area contributed by atoms with Gasteiger partial charge in [-0.3, -0.25) is 4.99 Å². The van der Waals surface area contributed by atoms with Crippen molar-refractivity contribution in [2.75, 3.05) is 20.1 Å². The predicted octanol–water partition coefficient (Wildman–Crippen LogP) is 4.59. The number of rotatable bonds is 2. The summed E-state index contributed by atoms with van der Waals surface area (Å²) < 4.78 is 4.08. The Labute approximate surface area is 205 Å². The number of likely N-dealkylation sites (tertiary alicyclic amines) is 1. The molecule has 0 amide bonds. The number of hydrogen-bond donors (Lipinski definition) is 2. The van der Waals surface area contributed by atoms with Crippen molar-refractivity contribution in [3.63, 3.8) is 0 Å². The van der Waals surface area contributed by atoms with Gasteiger partial charge in [0.15, 0.2) is 7.05 Å². The summed E-state index contributed by atoms with van der Waals surface area (Å²) in [5, 5.41) is 7.94. The molecule has 1 unspecified atom stereocenters. The first-order chi connectivity index (χ1) is 15.5. The molecule has 0 saturated carbocycles. The summed E-state index contributed by atoms with van der Waals surface area (Å²) in [4.78, 5) is 12.5. The van der Waals surface area contributed by atoms with E-state index >= 15 is 0 Å². The van der Waals surface area contributed by atoms with Crippen molar-refractivity contribution in [2.24, 2.45) is 17.0 Å². The molecule has 4 heterocycles. The molecule has 0 bridgehead atoms. The summed E-state index contributed by atoms with van der Waals surface area (Å²) in [5.74, 6) is 1.000. The molecule has 0 aliphatic carbocycles. The Balaban J connectivity index is 1.63. The van der Waals surface area contributed by atoms with Gasteiger partial charge >= 0.3 is 0 Å². The number of aromatic nitrogens is 2. The average Bonchev–Trinajstić information content (AvgIpc) is 3.31. The van der Waals surface area contributed by atoms with Gasteiger partial charge in [0, 0.05) is 53.6 Å². The van der Waals surface area contributed by atoms with Gasteiger partial charge in [-0.05, 0) is 59.3 Å². The van der Waals surface area contributed by atoms with E-state index in [0.717, 1.165) is 81.4 Å². The van der Waals surface area contributed by atoms with E-state index in [4.69, 9.17) is 9.98 Å². The first-order valence-corrected chi connectivity index (χ1v) is 12.6. The standard InChI is InChI=1S/C24H26Br2N6/c1-14-8-10-32(11-9-14)24-21(25)18(27-2)6-7-19-22(29-24)17(13-28-19)15-4-5-16-20(12-15)30-31(3)23(16)26/h4-5,12-13,19H,1,6-11H2,2-3H3,(H,27,28,29,30)/p+1. The second kappa shape index (κ2) is 8.63. The van der Waals surface area contributed by atoms with Crippen LogP contribution in [0.2, 0.25) is 0 Å². The molecular formula is C24H27Br2N6+. The summed E-state index contributed by atoms with van der Waals surface area (Å²) >= 11 is 7.53. The number of piperidine rings is 1. The van der Waals surface area contributed by atoms with Crippen molar-refractivity contribution in [1.29, 1.82) is 0 Å². The highest BCUT2D eigenvalue weighted by Crippen LogP contribution is 2.36. The maximum atomic E-state index is 5.28. The Morgan fingerprint density at radius 3 is 2.75 bits per heavy atom. The number of aromatic amines is 1. The minimum absolute atomic E-state index is 0.0749. The Morgan fingerprint density at radius 1 is 1.22 bits per heavy atom. The molecule has 1 aromatic carbocycles. The summed E-state index contributed by atoms with van der Waals surface area (Å²) in [6.45, 7) is 6.06. The molecule has 1 fully saturated rings. The van der Waals surface area contributed by atoms with E-state index < -0.39 is 0 Å². The van der Waals surface area contributed by atoms with Crippen molar-refractivity contribution >= 4 is 60.4 Å². The summed E-state index contributed by atoms with van der Waals surface area (Å²) in [7, 11) is 3.98. The van der Waals surface area contributed by atoms with Gasteiger partial charge in [-0.25, -0.2) is 4.99 Å². The number of fused-ring (bicyclic) bond motifs is 2. The van der Waals surface area contributed by atoms with Crippen LogP contribution in [-0.4, -0.2) is 48.2 Å². The minimum atomic E-state index is 0.0749. The van der Waals surface area contributed by atoms with Crippen molar-refractivity contribution < 1.29 is 4.68 Å². The number of H-pyrrole nitrogens is 1. The van der Waals surface area contributed by atoms with Crippen LogP contribution in [-0.2, 0) is 7.05 Å². The Kier molecular flexibility index (Phi) is 5.84. The lowest BCUT2D eigenvalue weighted by Gasteiger charge is -2.33. The monoisotopic (exact) mass is 557 g/mol. The summed E-state index contributed by atoms with van der Waals surface area (Å²) in [6, 6.07) is 6.59. The molecule has 1 saturated heterocycles. The number of aliphatic imine (C=N–C) groups is 2. The highest BCUT2D eigenvalue weighted by Gasteiger charge is 2.30. The lowest BCUT2D eigenvalue weighted by molar-refractivity contribution is -0.734. The zero-order valence-corrected chi connectivity index (χ0v) is 21.6. The third-order valence-corrected chi connectivity index (χ3v) is 8.33. The molecule has 2 aromatic rings. The molecule has 8 heteroatoms. The predicted molar refractivity (Wildman–Crippen MR) is 138 cm³/mol. The quantitative estimate of drug-likeness (QED) is 0.418. The molecule has 3 aliphatic rings. The fourth-order valence-corrected chi connectivity index (χ4v) is 5.78. The second-order valence-corrected chi connectivity index (χ2v) is 10.1. The molecule has 6 nitrogen and oxygen atoms in total. The number of nitrogens with zero attached hydrogens (tertiary/aromatic N) is 4. The zero-order chi connectivity index (χ0) is 22.4. The first kappa shape index (κ1) is 21.6. The SMILES string of the molecule is C=C1CCN(C2=NC3=C(c4ccc5c(Br)[n+](C)[nH]c5c4)C=NC3CCC(NC)=C2Br)CC1. The van der Waals surface area contributed by atoms with Crippen molar-refractivity contribution in [3.8, 4) is 0 Å². The molecule has 2 N–H and O–H groups in total. The molecule has 0 spiro atoms. The van der Waals surface area contributed by atoms with Gasteiger partial charge < -0.3 is 10.2 Å². The maximum absolute atomic E-state index is 5.28. The molecule has 32 heavy (non-hydrogen) atoms. The highest BCUT2D eigenvalue weighted by atomic mass is 79.9. The van der Waals surface area contributed by atoms with Crippen LogP contribution in [0, 0.1) is 0 Å². The van der Waals surface area contributed by atoms with Gasteiger partial charge in [0.25, 0.3) is 4.60 Å². The minimum Gasteiger partial charge on any atom is -0.390 e. The topological polar surface area (TPSA) is 59.7 Å². The normalized spacial score (nSPS) is 21.8. The van der Waals surface area contributed by atoms with E-state index in [0.29, 0.717) is 0 Å². The average molecular weight is 559 g/mol. The van der Waals surface area contributed by atoms with Crippen LogP contribution in [0.1, 0.15) is 31.2 Å². The number of amidine groups is 1. The number of allylic oxidation sites excluding steroid dienone is 2. The highest BCUT2D eigenvalue weighted by molar-refractivity contribution is 9.12. The Morgan fingerprint density at radius 2 is 2.00 bits per heavy atom. The van der Waals surface area contributed by atoms with E-state index in [9.17, 15) is 0 Å². The van der Waals surface area contributed by atoms with Crippen LogP contribution >= 0.6 is 31.9 Å². The number of halogens is 2. The van der Waals surface area contributed by atoms with Gasteiger partial charge in [-0.1, -0.05) is 18.2 Å². The van der Waals surface area contributed by atoms with Gasteiger partial charge in [-0.15, -0.1) is 4.68 Å². The lowest BCUT2D eigenvalue weighted by Crippen LogP contribution is -2.38. The number of nitrogens with one attached hydrogen (secondary N) is 2. The fourth-order valence-electron chi connectivity index (χ4n) is 4.61. The van der Waals surface area contributed by atoms with Crippen LogP contribution < -0.4 is 10.00 Å². The molecule has 0 radical (unpaired) electrons. The zero-order valence-electron chi connectivity index (χ0n) is 18.4. The molecule has 166 valence electrons. The third kappa shape index (κ3) is 3.77. The van der Waals surface area contributed by atoms with E-state index in [1.165, 1.54) is 11.3 Å². The number of benzene rings is 1. The van der Waals surface area contributed by atoms with Crippen LogP contribution in [0.15, 0.2) is 60.8 Å². The molecule has 1 aromatic heterocycles. The van der Waals surface area contributed by atoms with Crippen LogP contribution in [0.3, 0.4) is 0 Å². The smallest absolute Gasteiger partial charge is 0.280 e. The molecule has 5 rings (SSSR count). The van der Waals surface area contributed by atoms with Crippen LogP contribution in [0.4, 0.5) is 0 Å². The number of hydrogen-bond acceptors (Lipinski definition) is 4. The Hall–Kier alpha value is -2.19. The first-order valence-electron chi connectivity index (χ1n) is 11.0. The summed E-state index contributed by atoms with van der Waals surface area (Å²) in [5.41, 5.74) is 6.90. The molecule has 1 atom stereocenters. The summed E-state index contributed by atoms with van der Waals surface area (Å²) in [6.07, 6.45) is 5.88. The van der Waals surface area contributed by atoms with Crippen LogP contribution in [0.5, 0.6) is 0 Å². The largest absolute Gasteiger partial charge is 0.390 e. The maximum Gasteiger partial charge on any atom is 0.280 e. The van der Waals surface area contributed by atoms with Crippen molar-refractivity contribution in [3.05, 3.63) is 56.4 Å².